The van der Waals surface area contributed by atoms with Crippen LogP contribution in [0.15, 0.2) is 66.7 Å². The van der Waals surface area contributed by atoms with Crippen LogP contribution in [0.3, 0.4) is 0 Å². The summed E-state index contributed by atoms with van der Waals surface area (Å²) in [6, 6.07) is 9.79. The predicted octanol–water partition coefficient (Wildman–Crippen LogP) is 11.3. The van der Waals surface area contributed by atoms with Gasteiger partial charge in [0.2, 0.25) is 5.72 Å². The predicted molar refractivity (Wildman–Crippen MR) is 176 cm³/mol. The fraction of sp³-hybridized carbons (Fsp3) is 0.500. The average Bonchev–Trinajstić information content (AvgIpc) is 3.07. The Bertz CT molecular complexity index is 1430. The molecule has 3 aromatic carbocycles. The second-order valence-electron chi connectivity index (χ2n) is 12.5. The summed E-state index contributed by atoms with van der Waals surface area (Å²) >= 11 is 0. The van der Waals surface area contributed by atoms with E-state index in [-0.39, 0.29) is 27.3 Å². The molecule has 0 bridgehead atoms. The van der Waals surface area contributed by atoms with E-state index in [1.54, 1.807) is 6.92 Å². The van der Waals surface area contributed by atoms with E-state index in [9.17, 15) is 39.5 Å². The fourth-order valence-electron chi connectivity index (χ4n) is 5.93. The molecule has 5 nitrogen and oxygen atoms in total. The van der Waals surface area contributed by atoms with E-state index >= 15 is 0 Å². The van der Waals surface area contributed by atoms with E-state index in [1.807, 2.05) is 20.8 Å². The first-order valence-corrected chi connectivity index (χ1v) is 16.8. The molecule has 0 saturated heterocycles. The lowest BCUT2D eigenvalue weighted by molar-refractivity contribution is -1.01. The minimum Gasteiger partial charge on any atom is -0.490 e. The summed E-state index contributed by atoms with van der Waals surface area (Å²) in [6.45, 7) is 9.47. The molecule has 3 rings (SSSR count). The van der Waals surface area contributed by atoms with Crippen LogP contribution in [0, 0.1) is 0 Å². The molecule has 0 fully saturated rings. The van der Waals surface area contributed by atoms with Gasteiger partial charge in [0.1, 0.15) is 17.2 Å². The zero-order valence-electron chi connectivity index (χ0n) is 29.3. The standard InChI is InChI=1S/C36H44BF9NO4/c1-6-9-22-47(23-10-7-2,24-11-8-3)33(4,48-5)31-25-28(36(44,45)46)16-21-32(31)51-37(49-29-17-12-26(13-18-29)34(38,39)40)50-30-19-14-27(15-20-30)35(41,42)43/h12-21,25H,6-11,22-24H2,1-5H3/q+1. The molecule has 51 heavy (non-hydrogen) atoms. The highest BCUT2D eigenvalue weighted by Crippen LogP contribution is 2.45. The number of methoxy groups -OCH3 is 1. The molecular formula is C36H44BF9NO4+. The van der Waals surface area contributed by atoms with Crippen LogP contribution < -0.4 is 14.0 Å². The van der Waals surface area contributed by atoms with Gasteiger partial charge in [0.15, 0.2) is 0 Å². The molecule has 1 atom stereocenters. The van der Waals surface area contributed by atoms with Crippen LogP contribution in [0.2, 0.25) is 0 Å². The second-order valence-corrected chi connectivity index (χ2v) is 12.5. The molecule has 0 aliphatic carbocycles. The fourth-order valence-corrected chi connectivity index (χ4v) is 5.93. The van der Waals surface area contributed by atoms with Gasteiger partial charge in [-0.25, -0.2) is 0 Å². The largest absolute Gasteiger partial charge is 0.864 e. The molecule has 0 heterocycles. The maximum Gasteiger partial charge on any atom is 0.864 e. The number of nitrogens with zero attached hydrogens (tertiary/aromatic N) is 1. The van der Waals surface area contributed by atoms with Crippen LogP contribution in [0.25, 0.3) is 0 Å². The van der Waals surface area contributed by atoms with Crippen LogP contribution >= 0.6 is 0 Å². The summed E-state index contributed by atoms with van der Waals surface area (Å²) in [4.78, 5) is 0. The lowest BCUT2D eigenvalue weighted by Gasteiger charge is -2.51. The van der Waals surface area contributed by atoms with Crippen molar-refractivity contribution in [1.82, 2.24) is 0 Å². The third kappa shape index (κ3) is 10.7. The molecule has 0 saturated carbocycles. The Kier molecular flexibility index (Phi) is 14.2. The summed E-state index contributed by atoms with van der Waals surface area (Å²) in [6.07, 6.45) is -9.36. The normalized spacial score (nSPS) is 13.8. The summed E-state index contributed by atoms with van der Waals surface area (Å²) in [5, 5.41) is 0. The highest BCUT2D eigenvalue weighted by molar-refractivity contribution is 6.39. The summed E-state index contributed by atoms with van der Waals surface area (Å²) in [7, 11) is -0.477. The number of hydrogen-bond donors (Lipinski definition) is 0. The molecule has 0 aromatic heterocycles. The number of benzene rings is 3. The Morgan fingerprint density at radius 2 is 0.922 bits per heavy atom. The number of ether oxygens (including phenoxy) is 1. The van der Waals surface area contributed by atoms with Gasteiger partial charge in [0.05, 0.1) is 41.9 Å². The number of hydrogen-bond acceptors (Lipinski definition) is 4. The van der Waals surface area contributed by atoms with E-state index < -0.39 is 48.3 Å². The molecule has 0 aliphatic rings. The Labute approximate surface area is 293 Å². The molecule has 0 radical (unpaired) electrons. The maximum absolute atomic E-state index is 14.3. The molecule has 282 valence electrons. The lowest BCUT2D eigenvalue weighted by Crippen LogP contribution is -2.63. The number of quaternary nitrogens is 1. The Hall–Kier alpha value is -3.59. The minimum atomic E-state index is -4.75. The first-order valence-electron chi connectivity index (χ1n) is 16.8. The van der Waals surface area contributed by atoms with E-state index in [1.165, 1.54) is 7.11 Å². The Morgan fingerprint density at radius 3 is 1.25 bits per heavy atom. The van der Waals surface area contributed by atoms with Gasteiger partial charge in [-0.05, 0) is 86.0 Å². The maximum atomic E-state index is 14.3. The molecule has 0 N–H and O–H groups in total. The van der Waals surface area contributed by atoms with Gasteiger partial charge in [-0.1, -0.05) is 40.0 Å². The van der Waals surface area contributed by atoms with Crippen molar-refractivity contribution in [1.29, 1.82) is 0 Å². The zero-order valence-corrected chi connectivity index (χ0v) is 29.3. The van der Waals surface area contributed by atoms with Crippen molar-refractivity contribution >= 4 is 7.32 Å². The quantitative estimate of drug-likeness (QED) is 0.0564. The van der Waals surface area contributed by atoms with Crippen molar-refractivity contribution in [3.05, 3.63) is 89.0 Å². The number of alkyl halides is 9. The van der Waals surface area contributed by atoms with Crippen molar-refractivity contribution in [2.45, 2.75) is 90.5 Å². The van der Waals surface area contributed by atoms with Crippen LogP contribution in [0.5, 0.6) is 17.2 Å². The van der Waals surface area contributed by atoms with E-state index in [0.29, 0.717) is 19.6 Å². The molecule has 0 amide bonds. The van der Waals surface area contributed by atoms with E-state index in [4.69, 9.17) is 18.7 Å². The second kappa shape index (κ2) is 17.3. The van der Waals surface area contributed by atoms with Crippen LogP contribution in [-0.2, 0) is 29.0 Å². The summed E-state index contributed by atoms with van der Waals surface area (Å²) in [5.74, 6) is -0.508. The van der Waals surface area contributed by atoms with Gasteiger partial charge in [0.25, 0.3) is 0 Å². The number of rotatable bonds is 18. The monoisotopic (exact) mass is 736 g/mol. The molecular weight excluding hydrogens is 692 g/mol. The van der Waals surface area contributed by atoms with E-state index in [0.717, 1.165) is 105 Å². The minimum absolute atomic E-state index is 0.0140. The topological polar surface area (TPSA) is 36.9 Å². The first-order chi connectivity index (χ1) is 23.8. The molecule has 0 aliphatic heterocycles. The van der Waals surface area contributed by atoms with Crippen molar-refractivity contribution in [3.8, 4) is 17.2 Å². The van der Waals surface area contributed by atoms with Gasteiger partial charge < -0.3 is 18.7 Å². The Balaban J connectivity index is 2.22. The van der Waals surface area contributed by atoms with Crippen molar-refractivity contribution in [2.24, 2.45) is 0 Å². The van der Waals surface area contributed by atoms with Gasteiger partial charge >= 0.3 is 25.9 Å². The van der Waals surface area contributed by atoms with Gasteiger partial charge in [-0.15, -0.1) is 0 Å². The van der Waals surface area contributed by atoms with Crippen LogP contribution in [0.1, 0.15) is 88.5 Å². The average molecular weight is 737 g/mol. The summed E-state index contributed by atoms with van der Waals surface area (Å²) in [5.41, 5.74) is -4.34. The van der Waals surface area contributed by atoms with Crippen molar-refractivity contribution in [3.63, 3.8) is 0 Å². The van der Waals surface area contributed by atoms with Crippen LogP contribution in [0.4, 0.5) is 39.5 Å². The van der Waals surface area contributed by atoms with E-state index in [2.05, 4.69) is 0 Å². The SMILES string of the molecule is CCCC[N+](CCCC)(CCCC)C(C)(OC)c1cc(C(F)(F)F)ccc1OB(Oc1ccc(C(F)(F)F)cc1)Oc1ccc(C(F)(F)F)cc1. The molecule has 1 unspecified atom stereocenters. The molecule has 3 aromatic rings. The van der Waals surface area contributed by atoms with Gasteiger partial charge in [0, 0.05) is 14.0 Å². The third-order valence-corrected chi connectivity index (χ3v) is 8.98. The summed E-state index contributed by atoms with van der Waals surface area (Å²) < 4.78 is 146. The smallest absolute Gasteiger partial charge is 0.490 e. The third-order valence-electron chi connectivity index (χ3n) is 8.98. The van der Waals surface area contributed by atoms with Gasteiger partial charge in [-0.3, -0.25) is 4.48 Å². The number of unbranched alkanes of at least 4 members (excludes halogenated alkanes) is 3. The highest BCUT2D eigenvalue weighted by Gasteiger charge is 2.51. The first kappa shape index (κ1) is 41.8. The Morgan fingerprint density at radius 1 is 0.549 bits per heavy atom. The number of halogens is 9. The van der Waals surface area contributed by atoms with Gasteiger partial charge in [-0.2, -0.15) is 39.5 Å². The van der Waals surface area contributed by atoms with Crippen LogP contribution in [-0.4, -0.2) is 38.5 Å². The zero-order chi connectivity index (χ0) is 38.1. The highest BCUT2D eigenvalue weighted by atomic mass is 19.4. The van der Waals surface area contributed by atoms with Crippen molar-refractivity contribution in [2.75, 3.05) is 26.7 Å². The molecule has 15 heteroatoms. The lowest BCUT2D eigenvalue weighted by atomic mass is 9.93. The molecule has 0 spiro atoms. The van der Waals surface area contributed by atoms with Crippen molar-refractivity contribution < 1.29 is 62.7 Å².